The minimum absolute atomic E-state index is 0.220. The number of carbonyl (C=O) groups is 1. The lowest BCUT2D eigenvalue weighted by atomic mass is 9.98. The second-order valence-electron chi connectivity index (χ2n) is 7.88. The average Bonchev–Trinajstić information content (AvgIpc) is 2.84. The van der Waals surface area contributed by atoms with Crippen molar-refractivity contribution in [2.75, 3.05) is 18.5 Å². The van der Waals surface area contributed by atoms with Crippen LogP contribution in [0.4, 0.5) is 5.69 Å². The number of carbonyl (C=O) groups excluding carboxylic acids is 1. The summed E-state index contributed by atoms with van der Waals surface area (Å²) in [5.74, 6) is -0.183. The van der Waals surface area contributed by atoms with Crippen molar-refractivity contribution in [2.24, 2.45) is 0 Å². The molecule has 13 heteroatoms. The van der Waals surface area contributed by atoms with Crippen molar-refractivity contribution >= 4 is 11.6 Å². The van der Waals surface area contributed by atoms with Crippen LogP contribution in [0.15, 0.2) is 36.9 Å². The van der Waals surface area contributed by atoms with Gasteiger partial charge < -0.3 is 60.0 Å². The molecule has 0 unspecified atom stereocenters. The molecule has 0 radical (unpaired) electrons. The molecule has 3 rings (SSSR count). The Balaban J connectivity index is 1.62. The number of ether oxygens (including phenoxy) is 4. The van der Waals surface area contributed by atoms with E-state index in [1.165, 1.54) is 24.3 Å². The van der Waals surface area contributed by atoms with Crippen LogP contribution in [0.1, 0.15) is 0 Å². The zero-order chi connectivity index (χ0) is 25.0. The van der Waals surface area contributed by atoms with Gasteiger partial charge in [0.15, 0.2) is 6.29 Å². The fourth-order valence-corrected chi connectivity index (χ4v) is 3.49. The average molecular weight is 487 g/mol. The van der Waals surface area contributed by atoms with E-state index in [0.717, 1.165) is 6.08 Å². The number of aliphatic hydroxyl groups excluding tert-OH is 7. The third-order valence-corrected chi connectivity index (χ3v) is 5.50. The van der Waals surface area contributed by atoms with E-state index in [4.69, 9.17) is 18.9 Å². The number of hydrogen-bond acceptors (Lipinski definition) is 12. The molecule has 1 amide bonds. The summed E-state index contributed by atoms with van der Waals surface area (Å²) in [6, 6.07) is 6.01. The number of amides is 1. The molecule has 190 valence electrons. The van der Waals surface area contributed by atoms with Crippen molar-refractivity contribution in [1.29, 1.82) is 0 Å². The molecule has 8 N–H and O–H groups in total. The van der Waals surface area contributed by atoms with Gasteiger partial charge in [0, 0.05) is 5.69 Å². The first-order chi connectivity index (χ1) is 16.2. The third-order valence-electron chi connectivity index (χ3n) is 5.50. The van der Waals surface area contributed by atoms with Gasteiger partial charge in [-0.05, 0) is 30.3 Å². The van der Waals surface area contributed by atoms with Crippen LogP contribution in [-0.4, -0.2) is 116 Å². The van der Waals surface area contributed by atoms with E-state index in [-0.39, 0.29) is 5.75 Å². The van der Waals surface area contributed by atoms with E-state index in [2.05, 4.69) is 11.9 Å². The van der Waals surface area contributed by atoms with Gasteiger partial charge in [0.25, 0.3) is 0 Å². The molecule has 1 aromatic carbocycles. The molecule has 1 aromatic rings. The minimum Gasteiger partial charge on any atom is -0.462 e. The lowest BCUT2D eigenvalue weighted by molar-refractivity contribution is -0.323. The Kier molecular flexibility index (Phi) is 8.95. The van der Waals surface area contributed by atoms with Gasteiger partial charge in [0.05, 0.1) is 13.2 Å². The van der Waals surface area contributed by atoms with Crippen molar-refractivity contribution in [2.45, 2.75) is 61.4 Å². The Hall–Kier alpha value is -2.17. The SMILES string of the molecule is C=CC(=O)Nc1ccc(O[C@@H]2O[C@H](CO[C@@H]3O[C@H](CO)[C@H](O)[C@H](O)[C@H]3O)[C@@H](O)[C@H](O)[C@H]2O)cc1. The van der Waals surface area contributed by atoms with Crippen molar-refractivity contribution in [3.05, 3.63) is 36.9 Å². The summed E-state index contributed by atoms with van der Waals surface area (Å²) in [5, 5.41) is 72.3. The molecular weight excluding hydrogens is 458 g/mol. The molecular formula is C21H29NO12. The molecule has 2 saturated heterocycles. The molecule has 0 bridgehead atoms. The van der Waals surface area contributed by atoms with E-state index >= 15 is 0 Å². The quantitative estimate of drug-likeness (QED) is 0.171. The second-order valence-corrected chi connectivity index (χ2v) is 7.88. The zero-order valence-electron chi connectivity index (χ0n) is 18.0. The smallest absolute Gasteiger partial charge is 0.247 e. The molecule has 13 nitrogen and oxygen atoms in total. The summed E-state index contributed by atoms with van der Waals surface area (Å²) >= 11 is 0. The van der Waals surface area contributed by atoms with Crippen LogP contribution in [0.2, 0.25) is 0 Å². The van der Waals surface area contributed by atoms with Gasteiger partial charge in [0.2, 0.25) is 12.2 Å². The van der Waals surface area contributed by atoms with Crippen LogP contribution < -0.4 is 10.1 Å². The van der Waals surface area contributed by atoms with Crippen LogP contribution in [0, 0.1) is 0 Å². The lowest BCUT2D eigenvalue weighted by Crippen LogP contribution is -2.62. The molecule has 0 aromatic heterocycles. The Morgan fingerprint density at radius 2 is 1.44 bits per heavy atom. The molecule has 0 spiro atoms. The van der Waals surface area contributed by atoms with Gasteiger partial charge in [0.1, 0.15) is 54.6 Å². The summed E-state index contributed by atoms with van der Waals surface area (Å²) in [5.41, 5.74) is 0.462. The maximum absolute atomic E-state index is 11.4. The molecule has 2 heterocycles. The van der Waals surface area contributed by atoms with Gasteiger partial charge in [-0.1, -0.05) is 6.58 Å². The summed E-state index contributed by atoms with van der Waals surface area (Å²) in [6.07, 6.45) is -14.0. The molecule has 0 saturated carbocycles. The van der Waals surface area contributed by atoms with Gasteiger partial charge >= 0.3 is 0 Å². The largest absolute Gasteiger partial charge is 0.462 e. The molecule has 0 aliphatic carbocycles. The van der Waals surface area contributed by atoms with E-state index in [0.29, 0.717) is 5.69 Å². The maximum atomic E-state index is 11.4. The molecule has 2 aliphatic heterocycles. The predicted molar refractivity (Wildman–Crippen MR) is 112 cm³/mol. The van der Waals surface area contributed by atoms with Crippen LogP contribution in [-0.2, 0) is 19.0 Å². The van der Waals surface area contributed by atoms with Crippen molar-refractivity contribution in [1.82, 2.24) is 0 Å². The summed E-state index contributed by atoms with van der Waals surface area (Å²) in [6.45, 7) is 2.23. The van der Waals surface area contributed by atoms with E-state index in [1.54, 1.807) is 0 Å². The first-order valence-electron chi connectivity index (χ1n) is 10.5. The number of hydrogen-bond donors (Lipinski definition) is 8. The van der Waals surface area contributed by atoms with Gasteiger partial charge in [-0.25, -0.2) is 0 Å². The standard InChI is InChI=1S/C21H29NO12/c1-2-13(24)22-9-3-5-10(6-4-9)32-21-19(30)17(28)15(26)12(34-21)8-31-20-18(29)16(27)14(25)11(7-23)33-20/h2-6,11-12,14-21,23,25-30H,1,7-8H2,(H,22,24)/t11-,12-,14+,15-,16+,17+,18-,19-,20-,21-/m1/s1. The zero-order valence-corrected chi connectivity index (χ0v) is 18.0. The lowest BCUT2D eigenvalue weighted by Gasteiger charge is -2.42. The Bertz CT molecular complexity index is 820. The highest BCUT2D eigenvalue weighted by atomic mass is 16.7. The molecule has 34 heavy (non-hydrogen) atoms. The van der Waals surface area contributed by atoms with Crippen molar-refractivity contribution in [3.8, 4) is 5.75 Å². The molecule has 2 aliphatic rings. The Morgan fingerprint density at radius 3 is 2.03 bits per heavy atom. The topological polar surface area (TPSA) is 208 Å². The number of benzene rings is 1. The fourth-order valence-electron chi connectivity index (χ4n) is 3.49. The highest BCUT2D eigenvalue weighted by molar-refractivity contribution is 5.98. The van der Waals surface area contributed by atoms with Crippen molar-refractivity contribution in [3.63, 3.8) is 0 Å². The second kappa shape index (κ2) is 11.5. The Morgan fingerprint density at radius 1 is 0.882 bits per heavy atom. The number of rotatable bonds is 8. The predicted octanol–water partition coefficient (Wildman–Crippen LogP) is -3.19. The van der Waals surface area contributed by atoms with E-state index in [9.17, 15) is 40.5 Å². The monoisotopic (exact) mass is 487 g/mol. The first-order valence-corrected chi connectivity index (χ1v) is 10.5. The highest BCUT2D eigenvalue weighted by Crippen LogP contribution is 2.27. The fraction of sp³-hybridized carbons (Fsp3) is 0.571. The third kappa shape index (κ3) is 5.90. The van der Waals surface area contributed by atoms with Gasteiger partial charge in [-0.3, -0.25) is 4.79 Å². The summed E-state index contributed by atoms with van der Waals surface area (Å²) in [4.78, 5) is 11.4. The Labute approximate surface area is 194 Å². The normalized spacial score (nSPS) is 38.2. The van der Waals surface area contributed by atoms with Crippen LogP contribution in [0.5, 0.6) is 5.75 Å². The highest BCUT2D eigenvalue weighted by Gasteiger charge is 2.47. The van der Waals surface area contributed by atoms with Gasteiger partial charge in [-0.15, -0.1) is 0 Å². The van der Waals surface area contributed by atoms with Crippen LogP contribution in [0.3, 0.4) is 0 Å². The van der Waals surface area contributed by atoms with Crippen LogP contribution >= 0.6 is 0 Å². The number of aliphatic hydroxyl groups is 7. The first kappa shape index (κ1) is 26.4. The van der Waals surface area contributed by atoms with Crippen molar-refractivity contribution < 1.29 is 59.5 Å². The summed E-state index contributed by atoms with van der Waals surface area (Å²) < 4.78 is 21.7. The molecule has 10 atom stereocenters. The maximum Gasteiger partial charge on any atom is 0.247 e. The van der Waals surface area contributed by atoms with Crippen LogP contribution in [0.25, 0.3) is 0 Å². The summed E-state index contributed by atoms with van der Waals surface area (Å²) in [7, 11) is 0. The van der Waals surface area contributed by atoms with E-state index < -0.39 is 80.5 Å². The number of nitrogens with one attached hydrogen (secondary N) is 1. The number of anilines is 1. The molecule has 2 fully saturated rings. The van der Waals surface area contributed by atoms with E-state index in [1.807, 2.05) is 0 Å². The van der Waals surface area contributed by atoms with Gasteiger partial charge in [-0.2, -0.15) is 0 Å². The minimum atomic E-state index is -1.67.